The highest BCUT2D eigenvalue weighted by Gasteiger charge is 2.35. The maximum Gasteiger partial charge on any atom is 0.418 e. The van der Waals surface area contributed by atoms with E-state index in [-0.39, 0.29) is 15.7 Å². The van der Waals surface area contributed by atoms with Crippen LogP contribution in [0.2, 0.25) is 10.0 Å². The van der Waals surface area contributed by atoms with Crippen LogP contribution >= 0.6 is 23.2 Å². The average Bonchev–Trinajstić information content (AvgIpc) is 2.50. The molecule has 0 aliphatic carbocycles. The van der Waals surface area contributed by atoms with Gasteiger partial charge in [-0.05, 0) is 24.3 Å². The lowest BCUT2D eigenvalue weighted by Gasteiger charge is -2.14. The zero-order valence-corrected chi connectivity index (χ0v) is 13.5. The third-order valence-corrected chi connectivity index (χ3v) is 3.51. The van der Waals surface area contributed by atoms with Crippen LogP contribution in [0.5, 0.6) is 0 Å². The third-order valence-electron chi connectivity index (χ3n) is 2.94. The molecule has 0 aliphatic heterocycles. The predicted molar refractivity (Wildman–Crippen MR) is 87.2 cm³/mol. The highest BCUT2D eigenvalue weighted by molar-refractivity contribution is 6.35. The molecule has 0 saturated carbocycles. The number of non-ortho nitro benzene ring substituents is 1. The number of hydrogen-bond acceptors (Lipinski definition) is 3. The molecular formula is C14H8Cl2F3N3O3. The average molecular weight is 394 g/mol. The highest BCUT2D eigenvalue weighted by Crippen LogP contribution is 2.37. The van der Waals surface area contributed by atoms with Gasteiger partial charge in [-0.3, -0.25) is 10.1 Å². The fraction of sp³-hybridized carbons (Fsp3) is 0.0714. The van der Waals surface area contributed by atoms with Gasteiger partial charge in [-0.2, -0.15) is 13.2 Å². The van der Waals surface area contributed by atoms with Gasteiger partial charge in [-0.15, -0.1) is 0 Å². The molecule has 2 aromatic carbocycles. The van der Waals surface area contributed by atoms with Gasteiger partial charge in [0, 0.05) is 17.2 Å². The molecule has 0 atom stereocenters. The fourth-order valence-corrected chi connectivity index (χ4v) is 2.20. The van der Waals surface area contributed by atoms with E-state index in [0.29, 0.717) is 6.07 Å². The van der Waals surface area contributed by atoms with Crippen molar-refractivity contribution < 1.29 is 22.9 Å². The van der Waals surface area contributed by atoms with Crippen LogP contribution in [0.1, 0.15) is 5.56 Å². The van der Waals surface area contributed by atoms with Crippen LogP contribution in [0.15, 0.2) is 36.4 Å². The molecule has 2 amide bonds. The smallest absolute Gasteiger partial charge is 0.307 e. The molecule has 132 valence electrons. The molecule has 0 saturated heterocycles. The standard InChI is InChI=1S/C14H8Cl2F3N3O3/c15-7-1-3-10(16)12(5-7)21-13(23)20-11-4-2-8(22(24)25)6-9(11)14(17,18)19/h1-6H,(H2,20,21,23). The van der Waals surface area contributed by atoms with Crippen LogP contribution in [0.4, 0.5) is 35.0 Å². The molecule has 6 nitrogen and oxygen atoms in total. The van der Waals surface area contributed by atoms with Crippen molar-refractivity contribution in [1.29, 1.82) is 0 Å². The molecule has 2 aromatic rings. The molecular weight excluding hydrogens is 386 g/mol. The first-order chi connectivity index (χ1) is 11.6. The number of anilines is 2. The first-order valence-corrected chi connectivity index (χ1v) is 7.22. The second kappa shape index (κ2) is 7.16. The summed E-state index contributed by atoms with van der Waals surface area (Å²) >= 11 is 11.6. The number of alkyl halides is 3. The van der Waals surface area contributed by atoms with Crippen LogP contribution in [-0.4, -0.2) is 11.0 Å². The summed E-state index contributed by atoms with van der Waals surface area (Å²) in [6.45, 7) is 0. The van der Waals surface area contributed by atoms with Gasteiger partial charge < -0.3 is 10.6 Å². The van der Waals surface area contributed by atoms with Crippen LogP contribution in [0, 0.1) is 10.1 Å². The van der Waals surface area contributed by atoms with Gasteiger partial charge in [0.1, 0.15) is 0 Å². The summed E-state index contributed by atoms with van der Waals surface area (Å²) in [5.41, 5.74) is -2.67. The highest BCUT2D eigenvalue weighted by atomic mass is 35.5. The van der Waals surface area contributed by atoms with E-state index in [2.05, 4.69) is 5.32 Å². The second-order valence-corrected chi connectivity index (χ2v) is 5.53. The number of carbonyl (C=O) groups is 1. The van der Waals surface area contributed by atoms with Crippen molar-refractivity contribution in [2.75, 3.05) is 10.6 Å². The number of nitro benzene ring substituents is 1. The Balaban J connectivity index is 2.28. The maximum atomic E-state index is 13.1. The van der Waals surface area contributed by atoms with Gasteiger partial charge in [0.2, 0.25) is 0 Å². The Bertz CT molecular complexity index is 844. The number of nitrogens with one attached hydrogen (secondary N) is 2. The van der Waals surface area contributed by atoms with E-state index in [1.807, 2.05) is 5.32 Å². The molecule has 0 bridgehead atoms. The molecule has 0 heterocycles. The summed E-state index contributed by atoms with van der Waals surface area (Å²) in [4.78, 5) is 21.6. The number of halogens is 5. The summed E-state index contributed by atoms with van der Waals surface area (Å²) in [5.74, 6) is 0. The normalized spacial score (nSPS) is 11.1. The molecule has 11 heteroatoms. The summed E-state index contributed by atoms with van der Waals surface area (Å²) in [5, 5.41) is 15.2. The second-order valence-electron chi connectivity index (χ2n) is 4.69. The van der Waals surface area contributed by atoms with Gasteiger partial charge in [-0.25, -0.2) is 4.79 Å². The van der Waals surface area contributed by atoms with Gasteiger partial charge in [0.25, 0.3) is 5.69 Å². The number of rotatable bonds is 3. The molecule has 0 unspecified atom stereocenters. The number of nitrogens with zero attached hydrogens (tertiary/aromatic N) is 1. The summed E-state index contributed by atoms with van der Waals surface area (Å²) in [7, 11) is 0. The van der Waals surface area contributed by atoms with Gasteiger partial charge in [0.15, 0.2) is 0 Å². The SMILES string of the molecule is O=C(Nc1cc(Cl)ccc1Cl)Nc1ccc([N+](=O)[O-])cc1C(F)(F)F. The molecule has 2 rings (SSSR count). The Morgan fingerprint density at radius 3 is 2.28 bits per heavy atom. The van der Waals surface area contributed by atoms with Gasteiger partial charge in [0.05, 0.1) is 26.9 Å². The number of hydrogen-bond donors (Lipinski definition) is 2. The molecule has 0 radical (unpaired) electrons. The van der Waals surface area contributed by atoms with E-state index in [1.165, 1.54) is 18.2 Å². The van der Waals surface area contributed by atoms with Crippen LogP contribution in [0.25, 0.3) is 0 Å². The lowest BCUT2D eigenvalue weighted by atomic mass is 10.1. The topological polar surface area (TPSA) is 84.3 Å². The van der Waals surface area contributed by atoms with Crippen molar-refractivity contribution in [2.45, 2.75) is 6.18 Å². The molecule has 0 aliphatic rings. The zero-order chi connectivity index (χ0) is 18.8. The Labute approximate surface area is 148 Å². The number of carbonyl (C=O) groups excluding carboxylic acids is 1. The number of urea groups is 1. The van der Waals surface area contributed by atoms with E-state index in [4.69, 9.17) is 23.2 Å². The van der Waals surface area contributed by atoms with E-state index >= 15 is 0 Å². The summed E-state index contributed by atoms with van der Waals surface area (Å²) < 4.78 is 39.2. The number of amides is 2. The van der Waals surface area contributed by atoms with Crippen molar-refractivity contribution >= 4 is 46.3 Å². The van der Waals surface area contributed by atoms with E-state index in [0.717, 1.165) is 12.1 Å². The third kappa shape index (κ3) is 4.74. The Morgan fingerprint density at radius 1 is 1.04 bits per heavy atom. The Hall–Kier alpha value is -2.52. The Morgan fingerprint density at radius 2 is 1.68 bits per heavy atom. The summed E-state index contributed by atoms with van der Waals surface area (Å²) in [6, 6.07) is 5.12. The first kappa shape index (κ1) is 18.8. The van der Waals surface area contributed by atoms with Crippen molar-refractivity contribution in [1.82, 2.24) is 0 Å². The van der Waals surface area contributed by atoms with Crippen LogP contribution in [0.3, 0.4) is 0 Å². The predicted octanol–water partition coefficient (Wildman–Crippen LogP) is 5.56. The van der Waals surface area contributed by atoms with Crippen molar-refractivity contribution in [2.24, 2.45) is 0 Å². The van der Waals surface area contributed by atoms with E-state index < -0.39 is 34.1 Å². The van der Waals surface area contributed by atoms with Crippen LogP contribution < -0.4 is 10.6 Å². The van der Waals surface area contributed by atoms with E-state index in [9.17, 15) is 28.1 Å². The molecule has 0 fully saturated rings. The minimum atomic E-state index is -4.90. The zero-order valence-electron chi connectivity index (χ0n) is 12.0. The van der Waals surface area contributed by atoms with Crippen molar-refractivity contribution in [3.8, 4) is 0 Å². The first-order valence-electron chi connectivity index (χ1n) is 6.46. The number of nitro groups is 1. The fourth-order valence-electron chi connectivity index (χ4n) is 1.86. The maximum absolute atomic E-state index is 13.1. The lowest BCUT2D eigenvalue weighted by Crippen LogP contribution is -2.22. The van der Waals surface area contributed by atoms with E-state index in [1.54, 1.807) is 0 Å². The molecule has 25 heavy (non-hydrogen) atoms. The summed E-state index contributed by atoms with van der Waals surface area (Å²) in [6.07, 6.45) is -4.90. The van der Waals surface area contributed by atoms with Crippen LogP contribution in [-0.2, 0) is 6.18 Å². The minimum Gasteiger partial charge on any atom is -0.307 e. The lowest BCUT2D eigenvalue weighted by molar-refractivity contribution is -0.385. The Kier molecular flexibility index (Phi) is 5.39. The molecule has 2 N–H and O–H groups in total. The van der Waals surface area contributed by atoms with Gasteiger partial charge in [-0.1, -0.05) is 23.2 Å². The quantitative estimate of drug-likeness (QED) is 0.528. The largest absolute Gasteiger partial charge is 0.418 e. The molecule has 0 spiro atoms. The van der Waals surface area contributed by atoms with Crippen molar-refractivity contribution in [3.63, 3.8) is 0 Å². The minimum absolute atomic E-state index is 0.0853. The van der Waals surface area contributed by atoms with Gasteiger partial charge >= 0.3 is 12.2 Å². The number of benzene rings is 2. The van der Waals surface area contributed by atoms with Crippen molar-refractivity contribution in [3.05, 3.63) is 62.1 Å². The monoisotopic (exact) mass is 393 g/mol. The molecule has 0 aromatic heterocycles.